The number of rotatable bonds is 11. The second-order valence-corrected chi connectivity index (χ2v) is 6.54. The molecular formula is C15H26N2O2S. The van der Waals surface area contributed by atoms with Crippen LogP contribution in [0.5, 0.6) is 0 Å². The Balaban J connectivity index is 1.77. The van der Waals surface area contributed by atoms with Gasteiger partial charge in [-0.25, -0.2) is 0 Å². The molecule has 1 aromatic rings. The number of hydrogen-bond donors (Lipinski definition) is 1. The predicted molar refractivity (Wildman–Crippen MR) is 83.2 cm³/mol. The van der Waals surface area contributed by atoms with E-state index >= 15 is 0 Å². The molecule has 0 aromatic carbocycles. The molecule has 2 rings (SSSR count). The molecule has 114 valence electrons. The Morgan fingerprint density at radius 2 is 1.80 bits per heavy atom. The second kappa shape index (κ2) is 8.74. The SMILES string of the molecule is COCCN(CCOC)Cc1ccc(CNC2CC2)s1. The Labute approximate surface area is 126 Å². The minimum atomic E-state index is 0.769. The summed E-state index contributed by atoms with van der Waals surface area (Å²) in [5.41, 5.74) is 0. The van der Waals surface area contributed by atoms with Crippen LogP contribution in [0, 0.1) is 0 Å². The number of ether oxygens (including phenoxy) is 2. The molecule has 0 atom stereocenters. The number of nitrogens with one attached hydrogen (secondary N) is 1. The van der Waals surface area contributed by atoms with Crippen LogP contribution in [0.15, 0.2) is 12.1 Å². The highest BCUT2D eigenvalue weighted by atomic mass is 32.1. The van der Waals surface area contributed by atoms with Gasteiger partial charge in [0.25, 0.3) is 0 Å². The van der Waals surface area contributed by atoms with E-state index in [0.29, 0.717) is 0 Å². The molecule has 1 aliphatic rings. The minimum absolute atomic E-state index is 0.769. The quantitative estimate of drug-likeness (QED) is 0.678. The van der Waals surface area contributed by atoms with E-state index in [9.17, 15) is 0 Å². The van der Waals surface area contributed by atoms with Crippen molar-refractivity contribution < 1.29 is 9.47 Å². The van der Waals surface area contributed by atoms with Crippen LogP contribution in [0.2, 0.25) is 0 Å². The van der Waals surface area contributed by atoms with Crippen LogP contribution in [0.3, 0.4) is 0 Å². The lowest BCUT2D eigenvalue weighted by Gasteiger charge is -2.20. The zero-order valence-electron chi connectivity index (χ0n) is 12.6. The van der Waals surface area contributed by atoms with Crippen LogP contribution < -0.4 is 5.32 Å². The van der Waals surface area contributed by atoms with E-state index in [0.717, 1.165) is 45.4 Å². The van der Waals surface area contributed by atoms with E-state index in [1.807, 2.05) is 11.3 Å². The van der Waals surface area contributed by atoms with Crippen molar-refractivity contribution in [3.8, 4) is 0 Å². The van der Waals surface area contributed by atoms with Crippen LogP contribution in [0.25, 0.3) is 0 Å². The molecule has 20 heavy (non-hydrogen) atoms. The molecule has 0 spiro atoms. The fourth-order valence-electron chi connectivity index (χ4n) is 2.07. The van der Waals surface area contributed by atoms with Gasteiger partial charge in [-0.1, -0.05) is 0 Å². The summed E-state index contributed by atoms with van der Waals surface area (Å²) >= 11 is 1.91. The van der Waals surface area contributed by atoms with Crippen molar-refractivity contribution in [2.24, 2.45) is 0 Å². The van der Waals surface area contributed by atoms with E-state index in [1.165, 1.54) is 22.6 Å². The Morgan fingerprint density at radius 1 is 1.15 bits per heavy atom. The van der Waals surface area contributed by atoms with Crippen molar-refractivity contribution in [3.63, 3.8) is 0 Å². The highest BCUT2D eigenvalue weighted by molar-refractivity contribution is 7.11. The van der Waals surface area contributed by atoms with Crippen LogP contribution in [-0.4, -0.2) is 51.5 Å². The number of methoxy groups -OCH3 is 2. The molecule has 1 heterocycles. The van der Waals surface area contributed by atoms with Crippen LogP contribution >= 0.6 is 11.3 Å². The summed E-state index contributed by atoms with van der Waals surface area (Å²) in [5.74, 6) is 0. The molecule has 1 aromatic heterocycles. The second-order valence-electron chi connectivity index (χ2n) is 5.28. The van der Waals surface area contributed by atoms with Crippen molar-refractivity contribution in [3.05, 3.63) is 21.9 Å². The predicted octanol–water partition coefficient (Wildman–Crippen LogP) is 2.09. The minimum Gasteiger partial charge on any atom is -0.383 e. The summed E-state index contributed by atoms with van der Waals surface area (Å²) in [6.45, 7) is 5.45. The first-order chi connectivity index (χ1) is 9.81. The summed E-state index contributed by atoms with van der Waals surface area (Å²) in [6.07, 6.45) is 2.69. The molecule has 0 amide bonds. The maximum absolute atomic E-state index is 5.18. The van der Waals surface area contributed by atoms with Gasteiger partial charge in [0, 0.05) is 56.2 Å². The standard InChI is InChI=1S/C15H26N2O2S/c1-18-9-7-17(8-10-19-2)12-15-6-5-14(20-15)11-16-13-3-4-13/h5-6,13,16H,3-4,7-12H2,1-2H3. The summed E-state index contributed by atoms with van der Waals surface area (Å²) in [4.78, 5) is 5.24. The van der Waals surface area contributed by atoms with Crippen molar-refractivity contribution in [1.82, 2.24) is 10.2 Å². The van der Waals surface area contributed by atoms with Crippen LogP contribution in [-0.2, 0) is 22.6 Å². The zero-order chi connectivity index (χ0) is 14.2. The van der Waals surface area contributed by atoms with E-state index in [-0.39, 0.29) is 0 Å². The first-order valence-corrected chi connectivity index (χ1v) is 8.14. The van der Waals surface area contributed by atoms with E-state index < -0.39 is 0 Å². The van der Waals surface area contributed by atoms with Gasteiger partial charge in [0.1, 0.15) is 0 Å². The number of thiophene rings is 1. The van der Waals surface area contributed by atoms with Crippen molar-refractivity contribution in [2.45, 2.75) is 32.0 Å². The number of nitrogens with zero attached hydrogens (tertiary/aromatic N) is 1. The van der Waals surface area contributed by atoms with Crippen molar-refractivity contribution in [2.75, 3.05) is 40.5 Å². The molecular weight excluding hydrogens is 272 g/mol. The molecule has 5 heteroatoms. The monoisotopic (exact) mass is 298 g/mol. The fraction of sp³-hybridized carbons (Fsp3) is 0.733. The molecule has 4 nitrogen and oxygen atoms in total. The molecule has 0 aliphatic heterocycles. The van der Waals surface area contributed by atoms with Gasteiger partial charge in [0.05, 0.1) is 13.2 Å². The Morgan fingerprint density at radius 3 is 2.40 bits per heavy atom. The van der Waals surface area contributed by atoms with Crippen molar-refractivity contribution >= 4 is 11.3 Å². The van der Waals surface area contributed by atoms with Gasteiger partial charge < -0.3 is 14.8 Å². The van der Waals surface area contributed by atoms with Gasteiger partial charge in [-0.3, -0.25) is 4.90 Å². The highest BCUT2D eigenvalue weighted by Crippen LogP contribution is 2.22. The summed E-state index contributed by atoms with van der Waals surface area (Å²) < 4.78 is 10.4. The molecule has 0 saturated heterocycles. The Bertz CT molecular complexity index is 372. The largest absolute Gasteiger partial charge is 0.383 e. The van der Waals surface area contributed by atoms with E-state index in [2.05, 4.69) is 22.3 Å². The number of hydrogen-bond acceptors (Lipinski definition) is 5. The summed E-state index contributed by atoms with van der Waals surface area (Å²) in [7, 11) is 3.50. The van der Waals surface area contributed by atoms with Crippen LogP contribution in [0.1, 0.15) is 22.6 Å². The lowest BCUT2D eigenvalue weighted by molar-refractivity contribution is 0.111. The van der Waals surface area contributed by atoms with Gasteiger partial charge in [-0.05, 0) is 25.0 Å². The third-order valence-electron chi connectivity index (χ3n) is 3.46. The average Bonchev–Trinajstić information content (AvgIpc) is 3.19. The van der Waals surface area contributed by atoms with Gasteiger partial charge >= 0.3 is 0 Å². The molecule has 1 fully saturated rings. The Hall–Kier alpha value is -0.460. The smallest absolute Gasteiger partial charge is 0.0589 e. The van der Waals surface area contributed by atoms with Gasteiger partial charge in [0.2, 0.25) is 0 Å². The van der Waals surface area contributed by atoms with Gasteiger partial charge in [-0.2, -0.15) is 0 Å². The lowest BCUT2D eigenvalue weighted by atomic mass is 10.3. The normalized spacial score (nSPS) is 15.2. The average molecular weight is 298 g/mol. The first-order valence-electron chi connectivity index (χ1n) is 7.33. The first kappa shape index (κ1) is 15.9. The Kier molecular flexibility index (Phi) is 6.96. The van der Waals surface area contributed by atoms with Gasteiger partial charge in [-0.15, -0.1) is 11.3 Å². The molecule has 0 radical (unpaired) electrons. The summed E-state index contributed by atoms with van der Waals surface area (Å²) in [6, 6.07) is 5.28. The molecule has 1 N–H and O–H groups in total. The maximum atomic E-state index is 5.18. The highest BCUT2D eigenvalue weighted by Gasteiger charge is 2.20. The molecule has 1 aliphatic carbocycles. The van der Waals surface area contributed by atoms with Crippen LogP contribution in [0.4, 0.5) is 0 Å². The molecule has 0 unspecified atom stereocenters. The fourth-order valence-corrected chi connectivity index (χ4v) is 3.08. The van der Waals surface area contributed by atoms with Gasteiger partial charge in [0.15, 0.2) is 0 Å². The lowest BCUT2D eigenvalue weighted by Crippen LogP contribution is -2.29. The maximum Gasteiger partial charge on any atom is 0.0589 e. The molecule has 0 bridgehead atoms. The third kappa shape index (κ3) is 5.89. The zero-order valence-corrected chi connectivity index (χ0v) is 13.4. The van der Waals surface area contributed by atoms with Crippen molar-refractivity contribution in [1.29, 1.82) is 0 Å². The third-order valence-corrected chi connectivity index (χ3v) is 4.53. The van der Waals surface area contributed by atoms with E-state index in [4.69, 9.17) is 9.47 Å². The summed E-state index contributed by atoms with van der Waals surface area (Å²) in [5, 5.41) is 3.56. The molecule has 1 saturated carbocycles. The topological polar surface area (TPSA) is 33.7 Å². The van der Waals surface area contributed by atoms with E-state index in [1.54, 1.807) is 14.2 Å².